The van der Waals surface area contributed by atoms with Gasteiger partial charge < -0.3 is 20.3 Å². The lowest BCUT2D eigenvalue weighted by molar-refractivity contribution is -0.230. The number of hydrogen-bond donors (Lipinski definition) is 3. The zero-order chi connectivity index (χ0) is 30.3. The summed E-state index contributed by atoms with van der Waals surface area (Å²) in [5, 5.41) is 25.2. The summed E-state index contributed by atoms with van der Waals surface area (Å²) in [7, 11) is 0. The van der Waals surface area contributed by atoms with E-state index in [-0.39, 0.29) is 64.1 Å². The van der Waals surface area contributed by atoms with Crippen molar-refractivity contribution in [1.29, 1.82) is 0 Å². The van der Waals surface area contributed by atoms with E-state index in [1.807, 2.05) is 6.92 Å². The molecule has 1 amide bonds. The second-order valence-electron chi connectivity index (χ2n) is 16.5. The highest BCUT2D eigenvalue weighted by Crippen LogP contribution is 2.75. The van der Waals surface area contributed by atoms with Gasteiger partial charge in [0.1, 0.15) is 6.10 Å². The molecule has 5 aliphatic rings. The van der Waals surface area contributed by atoms with Crippen LogP contribution in [0.25, 0.3) is 0 Å². The summed E-state index contributed by atoms with van der Waals surface area (Å²) in [6.07, 6.45) is 9.10. The van der Waals surface area contributed by atoms with Crippen LogP contribution in [0.15, 0.2) is 11.6 Å². The number of amides is 1. The largest absolute Gasteiger partial charge is 0.462 e. The third kappa shape index (κ3) is 4.23. The summed E-state index contributed by atoms with van der Waals surface area (Å²) < 4.78 is 5.88. The molecule has 41 heavy (non-hydrogen) atoms. The van der Waals surface area contributed by atoms with E-state index in [1.165, 1.54) is 12.5 Å². The Morgan fingerprint density at radius 3 is 2.34 bits per heavy atom. The maximum absolute atomic E-state index is 14.1. The van der Waals surface area contributed by atoms with Gasteiger partial charge in [0.25, 0.3) is 0 Å². The van der Waals surface area contributed by atoms with Crippen LogP contribution in [0.5, 0.6) is 0 Å². The fourth-order valence-electron chi connectivity index (χ4n) is 11.8. The molecule has 0 aliphatic heterocycles. The number of rotatable bonds is 4. The number of carbonyl (C=O) groups excluding carboxylic acids is 2. The molecule has 5 aliphatic carbocycles. The molecule has 6 nitrogen and oxygen atoms in total. The molecule has 5 unspecified atom stereocenters. The molecule has 0 aromatic carbocycles. The van der Waals surface area contributed by atoms with Crippen LogP contribution in [0.1, 0.15) is 114 Å². The van der Waals surface area contributed by atoms with Gasteiger partial charge >= 0.3 is 5.97 Å². The molecule has 4 fully saturated rings. The highest BCUT2D eigenvalue weighted by molar-refractivity contribution is 5.84. The number of ether oxygens (including phenoxy) is 1. The minimum Gasteiger partial charge on any atom is -0.462 e. The molecule has 0 spiro atoms. The minimum atomic E-state index is -0.573. The lowest BCUT2D eigenvalue weighted by Gasteiger charge is -2.72. The van der Waals surface area contributed by atoms with Crippen molar-refractivity contribution in [3.05, 3.63) is 11.6 Å². The maximum Gasteiger partial charge on any atom is 0.302 e. The van der Waals surface area contributed by atoms with Crippen molar-refractivity contribution < 1.29 is 24.5 Å². The molecule has 4 saturated carbocycles. The molecule has 3 N–H and O–H groups in total. The van der Waals surface area contributed by atoms with Crippen molar-refractivity contribution >= 4 is 11.9 Å². The van der Waals surface area contributed by atoms with Gasteiger partial charge in [-0.25, -0.2) is 0 Å². The highest BCUT2D eigenvalue weighted by atomic mass is 16.5. The Kier molecular flexibility index (Phi) is 7.63. The Morgan fingerprint density at radius 2 is 1.71 bits per heavy atom. The van der Waals surface area contributed by atoms with Crippen LogP contribution in [0.3, 0.4) is 0 Å². The van der Waals surface area contributed by atoms with Crippen LogP contribution >= 0.6 is 0 Å². The van der Waals surface area contributed by atoms with Gasteiger partial charge in [-0.2, -0.15) is 0 Å². The van der Waals surface area contributed by atoms with Crippen LogP contribution in [-0.4, -0.2) is 46.9 Å². The predicted molar refractivity (Wildman–Crippen MR) is 161 cm³/mol. The lowest BCUT2D eigenvalue weighted by atomic mass is 9.33. The fraction of sp³-hybridized carbons (Fsp3) is 0.886. The summed E-state index contributed by atoms with van der Waals surface area (Å²) >= 11 is 0. The molecule has 0 heterocycles. The first-order valence-electron chi connectivity index (χ1n) is 16.5. The topological polar surface area (TPSA) is 95.9 Å². The monoisotopic (exact) mass is 571 g/mol. The van der Waals surface area contributed by atoms with E-state index in [9.17, 15) is 19.8 Å². The molecule has 232 valence electrons. The van der Waals surface area contributed by atoms with Crippen molar-refractivity contribution in [3.63, 3.8) is 0 Å². The Balaban J connectivity index is 1.59. The maximum atomic E-state index is 14.1. The Labute approximate surface area is 248 Å². The van der Waals surface area contributed by atoms with Gasteiger partial charge in [0.2, 0.25) is 5.91 Å². The Bertz CT molecular complexity index is 1100. The first kappa shape index (κ1) is 31.0. The highest BCUT2D eigenvalue weighted by Gasteiger charge is 2.71. The third-order valence-corrected chi connectivity index (χ3v) is 14.3. The molecule has 5 rings (SSSR count). The van der Waals surface area contributed by atoms with Crippen LogP contribution in [0.4, 0.5) is 0 Å². The standard InChI is InChI=1S/C35H57NO5/c1-20-10-15-35(30(40)36-21(2)19-37)17-16-33(8)24(28(35)22(20)3)18-25(39)29-32(7)13-12-27(41-23(4)38)31(5,6)26(32)11-14-34(29,33)9/h18,20-22,25-29,37,39H,10-17,19H2,1-9H3,(H,36,40)/t20-,21?,22+,25?,26?,27+,28?,29?,32+,33-,34-,35+/m1/s1. The van der Waals surface area contributed by atoms with Gasteiger partial charge in [-0.3, -0.25) is 9.59 Å². The second-order valence-corrected chi connectivity index (χ2v) is 16.5. The summed E-state index contributed by atoms with van der Waals surface area (Å²) in [5.74, 6) is 1.27. The smallest absolute Gasteiger partial charge is 0.302 e. The normalized spacial score (nSPS) is 49.2. The van der Waals surface area contributed by atoms with Gasteiger partial charge in [-0.15, -0.1) is 0 Å². The lowest BCUT2D eigenvalue weighted by Crippen LogP contribution is -2.68. The number of allylic oxidation sites excluding steroid dienone is 1. The average molecular weight is 572 g/mol. The molecule has 0 aromatic rings. The molecule has 12 atom stereocenters. The molecule has 0 aromatic heterocycles. The average Bonchev–Trinajstić information content (AvgIpc) is 2.88. The summed E-state index contributed by atoms with van der Waals surface area (Å²) in [4.78, 5) is 26.0. The molecular weight excluding hydrogens is 514 g/mol. The molecule has 6 heteroatoms. The van der Waals surface area contributed by atoms with Crippen LogP contribution < -0.4 is 5.32 Å². The van der Waals surface area contributed by atoms with Gasteiger partial charge in [0.05, 0.1) is 18.1 Å². The van der Waals surface area contributed by atoms with Crippen molar-refractivity contribution in [1.82, 2.24) is 5.32 Å². The van der Waals surface area contributed by atoms with Gasteiger partial charge in [-0.05, 0) is 98.2 Å². The van der Waals surface area contributed by atoms with Crippen molar-refractivity contribution in [2.45, 2.75) is 132 Å². The zero-order valence-corrected chi connectivity index (χ0v) is 27.2. The first-order valence-corrected chi connectivity index (χ1v) is 16.5. The summed E-state index contributed by atoms with van der Waals surface area (Å²) in [5.41, 5.74) is 0.384. The second kappa shape index (κ2) is 10.1. The van der Waals surface area contributed by atoms with Gasteiger partial charge in [0.15, 0.2) is 0 Å². The quantitative estimate of drug-likeness (QED) is 0.282. The van der Waals surface area contributed by atoms with E-state index in [0.717, 1.165) is 51.4 Å². The van der Waals surface area contributed by atoms with Crippen molar-refractivity contribution in [2.24, 2.45) is 56.7 Å². The van der Waals surface area contributed by atoms with Crippen molar-refractivity contribution in [2.75, 3.05) is 6.61 Å². The molecule has 0 radical (unpaired) electrons. The van der Waals surface area contributed by atoms with Crippen LogP contribution in [0, 0.1) is 56.7 Å². The summed E-state index contributed by atoms with van der Waals surface area (Å²) in [6.45, 7) is 19.9. The summed E-state index contributed by atoms with van der Waals surface area (Å²) in [6, 6.07) is -0.269. The number of carbonyl (C=O) groups is 2. The fourth-order valence-corrected chi connectivity index (χ4v) is 11.8. The SMILES string of the molecule is CC(=O)O[C@H]1CC[C@@]2(C)C(CC[C@]3(C)C2C(O)C=C2C4[C@@H](C)[C@H](C)CC[C@]4(C(=O)NC(C)CO)CC[C@]23C)C1(C)C. The number of esters is 1. The number of hydrogen-bond acceptors (Lipinski definition) is 5. The number of nitrogens with one attached hydrogen (secondary N) is 1. The molecule has 0 saturated heterocycles. The van der Waals surface area contributed by atoms with Crippen LogP contribution in [0.2, 0.25) is 0 Å². The zero-order valence-electron chi connectivity index (χ0n) is 27.2. The number of fused-ring (bicyclic) bond motifs is 7. The van der Waals surface area contributed by atoms with Crippen LogP contribution in [-0.2, 0) is 14.3 Å². The van der Waals surface area contributed by atoms with E-state index < -0.39 is 11.5 Å². The minimum absolute atomic E-state index is 0.0638. The van der Waals surface area contributed by atoms with E-state index in [1.54, 1.807) is 0 Å². The van der Waals surface area contributed by atoms with Gasteiger partial charge in [0, 0.05) is 24.3 Å². The number of aliphatic hydroxyl groups excluding tert-OH is 2. The first-order chi connectivity index (χ1) is 19.0. The molecular formula is C35H57NO5. The van der Waals surface area contributed by atoms with E-state index in [0.29, 0.717) is 17.8 Å². The van der Waals surface area contributed by atoms with Crippen molar-refractivity contribution in [3.8, 4) is 0 Å². The number of aliphatic hydroxyl groups is 2. The van der Waals surface area contributed by atoms with E-state index in [4.69, 9.17) is 4.74 Å². The predicted octanol–water partition coefficient (Wildman–Crippen LogP) is 6.04. The van der Waals surface area contributed by atoms with Gasteiger partial charge in [-0.1, -0.05) is 60.1 Å². The Hall–Kier alpha value is -1.40. The third-order valence-electron chi connectivity index (χ3n) is 14.3. The Morgan fingerprint density at radius 1 is 1.02 bits per heavy atom. The van der Waals surface area contributed by atoms with E-state index in [2.05, 4.69) is 59.9 Å². The van der Waals surface area contributed by atoms with E-state index >= 15 is 0 Å². The molecule has 0 bridgehead atoms.